The molecule has 1 rings (SSSR count). The largest absolute Gasteiger partial charge is 0.276 e. The summed E-state index contributed by atoms with van der Waals surface area (Å²) in [5, 5.41) is -0.654. The summed E-state index contributed by atoms with van der Waals surface area (Å²) in [6.45, 7) is 1.51. The molecule has 0 bridgehead atoms. The zero-order valence-electron chi connectivity index (χ0n) is 6.20. The molecule has 0 aliphatic carbocycles. The van der Waals surface area contributed by atoms with Gasteiger partial charge in [-0.1, -0.05) is 0 Å². The standard InChI is InChI=1S/C8H5BrClFO/c1-4-6(11)3-2-5(9)7(4)8(10)12/h2-3H,1H3. The normalized spacial score (nSPS) is 10.0. The van der Waals surface area contributed by atoms with Crippen molar-refractivity contribution in [2.75, 3.05) is 0 Å². The van der Waals surface area contributed by atoms with Gasteiger partial charge in [-0.05, 0) is 52.2 Å². The minimum Gasteiger partial charge on any atom is -0.276 e. The lowest BCUT2D eigenvalue weighted by Gasteiger charge is -2.03. The van der Waals surface area contributed by atoms with Gasteiger partial charge >= 0.3 is 0 Å². The lowest BCUT2D eigenvalue weighted by atomic mass is 10.1. The predicted molar refractivity (Wildman–Crippen MR) is 49.0 cm³/mol. The Kier molecular flexibility index (Phi) is 2.85. The first kappa shape index (κ1) is 9.68. The van der Waals surface area contributed by atoms with Crippen LogP contribution in [0.2, 0.25) is 0 Å². The van der Waals surface area contributed by atoms with Crippen LogP contribution in [0.3, 0.4) is 0 Å². The van der Waals surface area contributed by atoms with Gasteiger partial charge in [0, 0.05) is 4.47 Å². The number of carbonyl (C=O) groups excluding carboxylic acids is 1. The summed E-state index contributed by atoms with van der Waals surface area (Å²) in [7, 11) is 0. The van der Waals surface area contributed by atoms with E-state index >= 15 is 0 Å². The molecule has 0 aliphatic heterocycles. The first-order valence-electron chi connectivity index (χ1n) is 3.18. The Bertz CT molecular complexity index is 338. The predicted octanol–water partition coefficient (Wildman–Crippen LogP) is 3.28. The summed E-state index contributed by atoms with van der Waals surface area (Å²) < 4.78 is 13.4. The van der Waals surface area contributed by atoms with Crippen LogP contribution < -0.4 is 0 Å². The fourth-order valence-corrected chi connectivity index (χ4v) is 1.86. The molecular formula is C8H5BrClFO. The molecule has 12 heavy (non-hydrogen) atoms. The second kappa shape index (κ2) is 3.54. The van der Waals surface area contributed by atoms with E-state index in [0.717, 1.165) is 0 Å². The Morgan fingerprint density at radius 2 is 2.17 bits per heavy atom. The number of hydrogen-bond donors (Lipinski definition) is 0. The Morgan fingerprint density at radius 3 is 2.58 bits per heavy atom. The van der Waals surface area contributed by atoms with Crippen molar-refractivity contribution in [3.8, 4) is 0 Å². The molecule has 0 heterocycles. The van der Waals surface area contributed by atoms with Gasteiger partial charge in [-0.2, -0.15) is 0 Å². The molecule has 0 fully saturated rings. The maximum Gasteiger partial charge on any atom is 0.253 e. The molecule has 0 saturated carbocycles. The third-order valence-electron chi connectivity index (χ3n) is 1.54. The van der Waals surface area contributed by atoms with E-state index in [2.05, 4.69) is 15.9 Å². The van der Waals surface area contributed by atoms with Gasteiger partial charge in [0.2, 0.25) is 0 Å². The summed E-state index contributed by atoms with van der Waals surface area (Å²) in [6.07, 6.45) is 0. The molecule has 4 heteroatoms. The first-order chi connectivity index (χ1) is 5.54. The fourth-order valence-electron chi connectivity index (χ4n) is 0.894. The van der Waals surface area contributed by atoms with Crippen molar-refractivity contribution in [3.63, 3.8) is 0 Å². The molecular weight excluding hydrogens is 246 g/mol. The lowest BCUT2D eigenvalue weighted by molar-refractivity contribution is 0.107. The number of carbonyl (C=O) groups is 1. The van der Waals surface area contributed by atoms with Crippen LogP contribution in [-0.4, -0.2) is 5.24 Å². The molecule has 0 unspecified atom stereocenters. The highest BCUT2D eigenvalue weighted by Gasteiger charge is 2.13. The van der Waals surface area contributed by atoms with Crippen molar-refractivity contribution in [3.05, 3.63) is 33.5 Å². The highest BCUT2D eigenvalue weighted by molar-refractivity contribution is 9.10. The molecule has 1 aromatic rings. The van der Waals surface area contributed by atoms with Crippen molar-refractivity contribution in [1.82, 2.24) is 0 Å². The van der Waals surface area contributed by atoms with Crippen LogP contribution in [0.4, 0.5) is 4.39 Å². The van der Waals surface area contributed by atoms with Gasteiger partial charge in [0.05, 0.1) is 5.56 Å². The topological polar surface area (TPSA) is 17.1 Å². The first-order valence-corrected chi connectivity index (χ1v) is 4.35. The second-order valence-corrected chi connectivity index (χ2v) is 3.50. The molecule has 0 aliphatic rings. The highest BCUT2D eigenvalue weighted by atomic mass is 79.9. The molecule has 0 N–H and O–H groups in total. The average molecular weight is 251 g/mol. The van der Waals surface area contributed by atoms with Crippen LogP contribution in [0.5, 0.6) is 0 Å². The van der Waals surface area contributed by atoms with Crippen LogP contribution >= 0.6 is 27.5 Å². The lowest BCUT2D eigenvalue weighted by Crippen LogP contribution is -1.97. The third kappa shape index (κ3) is 1.67. The zero-order chi connectivity index (χ0) is 9.30. The summed E-state index contributed by atoms with van der Waals surface area (Å²) in [6, 6.07) is 2.74. The van der Waals surface area contributed by atoms with Crippen molar-refractivity contribution in [1.29, 1.82) is 0 Å². The summed E-state index contributed by atoms with van der Waals surface area (Å²) in [5.74, 6) is -0.429. The molecule has 0 amide bonds. The van der Waals surface area contributed by atoms with E-state index in [1.54, 1.807) is 0 Å². The van der Waals surface area contributed by atoms with E-state index in [4.69, 9.17) is 11.6 Å². The van der Waals surface area contributed by atoms with Gasteiger partial charge in [0.25, 0.3) is 5.24 Å². The van der Waals surface area contributed by atoms with E-state index < -0.39 is 11.1 Å². The third-order valence-corrected chi connectivity index (χ3v) is 2.39. The number of rotatable bonds is 1. The Balaban J connectivity index is 3.43. The Hall–Kier alpha value is -0.410. The smallest absolute Gasteiger partial charge is 0.253 e. The van der Waals surface area contributed by atoms with Gasteiger partial charge in [0.1, 0.15) is 5.82 Å². The molecule has 1 nitrogen and oxygen atoms in total. The summed E-state index contributed by atoms with van der Waals surface area (Å²) in [4.78, 5) is 10.8. The van der Waals surface area contributed by atoms with Crippen molar-refractivity contribution < 1.29 is 9.18 Å². The van der Waals surface area contributed by atoms with E-state index in [1.165, 1.54) is 19.1 Å². The van der Waals surface area contributed by atoms with Crippen LogP contribution in [0, 0.1) is 12.7 Å². The summed E-state index contributed by atoms with van der Waals surface area (Å²) in [5.41, 5.74) is 0.459. The van der Waals surface area contributed by atoms with E-state index in [1.807, 2.05) is 0 Å². The van der Waals surface area contributed by atoms with E-state index in [-0.39, 0.29) is 11.1 Å². The van der Waals surface area contributed by atoms with Crippen LogP contribution in [0.25, 0.3) is 0 Å². The number of benzene rings is 1. The summed E-state index contributed by atoms with van der Waals surface area (Å²) >= 11 is 8.36. The van der Waals surface area contributed by atoms with Crippen molar-refractivity contribution in [2.45, 2.75) is 6.92 Å². The molecule has 0 atom stereocenters. The molecule has 1 aromatic carbocycles. The minimum atomic E-state index is -0.654. The average Bonchev–Trinajstić information content (AvgIpc) is 1.97. The van der Waals surface area contributed by atoms with Crippen LogP contribution in [-0.2, 0) is 0 Å². The van der Waals surface area contributed by atoms with Gasteiger partial charge in [-0.15, -0.1) is 0 Å². The van der Waals surface area contributed by atoms with Gasteiger partial charge < -0.3 is 0 Å². The van der Waals surface area contributed by atoms with Crippen molar-refractivity contribution >= 4 is 32.8 Å². The number of hydrogen-bond acceptors (Lipinski definition) is 1. The maximum atomic E-state index is 12.9. The Morgan fingerprint density at radius 1 is 1.58 bits per heavy atom. The van der Waals surface area contributed by atoms with Gasteiger partial charge in [0.15, 0.2) is 0 Å². The molecule has 0 saturated heterocycles. The van der Waals surface area contributed by atoms with Crippen LogP contribution in [0.1, 0.15) is 15.9 Å². The Labute approximate surface area is 82.7 Å². The van der Waals surface area contributed by atoms with Gasteiger partial charge in [-0.3, -0.25) is 4.79 Å². The molecule has 64 valence electrons. The van der Waals surface area contributed by atoms with Crippen molar-refractivity contribution in [2.24, 2.45) is 0 Å². The molecule has 0 radical (unpaired) electrons. The zero-order valence-corrected chi connectivity index (χ0v) is 8.54. The minimum absolute atomic E-state index is 0.191. The fraction of sp³-hybridized carbons (Fsp3) is 0.125. The SMILES string of the molecule is Cc1c(F)ccc(Br)c1C(=O)Cl. The van der Waals surface area contributed by atoms with E-state index in [0.29, 0.717) is 4.47 Å². The van der Waals surface area contributed by atoms with Gasteiger partial charge in [-0.25, -0.2) is 4.39 Å². The molecule has 0 spiro atoms. The van der Waals surface area contributed by atoms with Crippen LogP contribution in [0.15, 0.2) is 16.6 Å². The van der Waals surface area contributed by atoms with E-state index in [9.17, 15) is 9.18 Å². The number of halogens is 3. The monoisotopic (exact) mass is 250 g/mol. The highest BCUT2D eigenvalue weighted by Crippen LogP contribution is 2.23. The molecule has 0 aromatic heterocycles. The second-order valence-electron chi connectivity index (χ2n) is 2.30. The quantitative estimate of drug-likeness (QED) is 0.700. The maximum absolute atomic E-state index is 12.9.